The second-order valence-corrected chi connectivity index (χ2v) is 4.40. The highest BCUT2D eigenvalue weighted by Crippen LogP contribution is 2.33. The lowest BCUT2D eigenvalue weighted by Crippen LogP contribution is -2.10. The minimum Gasteiger partial charge on any atom is -0.494 e. The van der Waals surface area contributed by atoms with Gasteiger partial charge in [0.25, 0.3) is 0 Å². The zero-order valence-corrected chi connectivity index (χ0v) is 10.3. The minimum atomic E-state index is -4.55. The Morgan fingerprint density at radius 3 is 2.50 bits per heavy atom. The molecule has 1 aromatic rings. The third-order valence-electron chi connectivity index (χ3n) is 2.42. The summed E-state index contributed by atoms with van der Waals surface area (Å²) in [7, 11) is 0. The number of aldehydes is 1. The molecule has 0 aliphatic rings. The van der Waals surface area contributed by atoms with Gasteiger partial charge in [-0.25, -0.2) is 0 Å². The lowest BCUT2D eigenvalue weighted by Gasteiger charge is -2.13. The number of hydrogen-bond donors (Lipinski definition) is 0. The predicted molar refractivity (Wildman–Crippen MR) is 61.8 cm³/mol. The Balaban J connectivity index is 2.86. The summed E-state index contributed by atoms with van der Waals surface area (Å²) in [6.45, 7) is 4.36. The van der Waals surface area contributed by atoms with E-state index in [2.05, 4.69) is 0 Å². The van der Waals surface area contributed by atoms with E-state index in [1.165, 1.54) is 6.07 Å². The Kier molecular flexibility index (Phi) is 4.76. The minimum absolute atomic E-state index is 0.133. The first-order chi connectivity index (χ1) is 8.34. The van der Waals surface area contributed by atoms with Crippen LogP contribution in [0.5, 0.6) is 5.75 Å². The summed E-state index contributed by atoms with van der Waals surface area (Å²) < 4.78 is 43.2. The molecule has 100 valence electrons. The molecule has 0 saturated carbocycles. The summed E-state index contributed by atoms with van der Waals surface area (Å²) >= 11 is 0. The second kappa shape index (κ2) is 5.89. The molecule has 5 heteroatoms. The number of halogens is 3. The van der Waals surface area contributed by atoms with Gasteiger partial charge in [-0.2, -0.15) is 13.2 Å². The van der Waals surface area contributed by atoms with Crippen molar-refractivity contribution in [3.63, 3.8) is 0 Å². The zero-order chi connectivity index (χ0) is 13.8. The van der Waals surface area contributed by atoms with E-state index in [-0.39, 0.29) is 17.6 Å². The lowest BCUT2D eigenvalue weighted by molar-refractivity contribution is -0.137. The van der Waals surface area contributed by atoms with Crippen LogP contribution in [0.25, 0.3) is 0 Å². The largest absolute Gasteiger partial charge is 0.494 e. The van der Waals surface area contributed by atoms with Gasteiger partial charge in [0.15, 0.2) is 6.29 Å². The fourth-order valence-corrected chi connectivity index (χ4v) is 1.39. The topological polar surface area (TPSA) is 26.3 Å². The Labute approximate surface area is 104 Å². The molecule has 0 heterocycles. The molecular formula is C13H15F3O2. The zero-order valence-electron chi connectivity index (χ0n) is 10.3. The fraction of sp³-hybridized carbons (Fsp3) is 0.462. The van der Waals surface area contributed by atoms with Crippen LogP contribution in [0.1, 0.15) is 36.2 Å². The van der Waals surface area contributed by atoms with Crippen LogP contribution in [-0.2, 0) is 6.18 Å². The van der Waals surface area contributed by atoms with Crippen molar-refractivity contribution < 1.29 is 22.7 Å². The van der Waals surface area contributed by atoms with Crippen LogP contribution in [0.2, 0.25) is 0 Å². The van der Waals surface area contributed by atoms with Crippen molar-refractivity contribution in [2.75, 3.05) is 6.61 Å². The number of carbonyl (C=O) groups excluding carboxylic acids is 1. The average molecular weight is 260 g/mol. The molecule has 0 unspecified atom stereocenters. The maximum atomic E-state index is 12.7. The maximum absolute atomic E-state index is 12.7. The van der Waals surface area contributed by atoms with Gasteiger partial charge in [-0.05, 0) is 30.5 Å². The molecule has 2 nitrogen and oxygen atoms in total. The molecule has 0 atom stereocenters. The summed E-state index contributed by atoms with van der Waals surface area (Å²) in [5, 5.41) is 0. The van der Waals surface area contributed by atoms with Crippen molar-refractivity contribution in [3.8, 4) is 5.75 Å². The molecule has 0 aliphatic carbocycles. The Morgan fingerprint density at radius 2 is 2.00 bits per heavy atom. The Morgan fingerprint density at radius 1 is 1.33 bits per heavy atom. The number of rotatable bonds is 5. The molecule has 0 N–H and O–H groups in total. The van der Waals surface area contributed by atoms with E-state index in [4.69, 9.17) is 4.74 Å². The molecule has 0 bridgehead atoms. The molecule has 0 spiro atoms. The molecule has 18 heavy (non-hydrogen) atoms. The van der Waals surface area contributed by atoms with E-state index < -0.39 is 11.7 Å². The van der Waals surface area contributed by atoms with Crippen molar-refractivity contribution in [3.05, 3.63) is 29.3 Å². The number of ether oxygens (including phenoxy) is 1. The molecule has 0 aliphatic heterocycles. The van der Waals surface area contributed by atoms with Crippen LogP contribution in [0.4, 0.5) is 13.2 Å². The smallest absolute Gasteiger partial charge is 0.417 e. The monoisotopic (exact) mass is 260 g/mol. The van der Waals surface area contributed by atoms with Crippen LogP contribution >= 0.6 is 0 Å². The number of hydrogen-bond acceptors (Lipinski definition) is 2. The molecule has 0 aromatic heterocycles. The molecule has 0 fully saturated rings. The lowest BCUT2D eigenvalue weighted by atomic mass is 10.1. The van der Waals surface area contributed by atoms with E-state index in [9.17, 15) is 18.0 Å². The quantitative estimate of drug-likeness (QED) is 0.749. The van der Waals surface area contributed by atoms with E-state index in [1.807, 2.05) is 13.8 Å². The van der Waals surface area contributed by atoms with Crippen molar-refractivity contribution in [1.82, 2.24) is 0 Å². The third-order valence-corrected chi connectivity index (χ3v) is 2.42. The number of carbonyl (C=O) groups is 1. The van der Waals surface area contributed by atoms with Crippen molar-refractivity contribution in [1.29, 1.82) is 0 Å². The van der Waals surface area contributed by atoms with Gasteiger partial charge >= 0.3 is 6.18 Å². The first-order valence-electron chi connectivity index (χ1n) is 5.64. The van der Waals surface area contributed by atoms with Gasteiger partial charge in [-0.3, -0.25) is 4.79 Å². The van der Waals surface area contributed by atoms with Crippen molar-refractivity contribution in [2.24, 2.45) is 5.92 Å². The first-order valence-corrected chi connectivity index (χ1v) is 5.64. The second-order valence-electron chi connectivity index (χ2n) is 4.40. The molecule has 1 aromatic carbocycles. The molecule has 1 rings (SSSR count). The highest BCUT2D eigenvalue weighted by Gasteiger charge is 2.33. The maximum Gasteiger partial charge on any atom is 0.417 e. The predicted octanol–water partition coefficient (Wildman–Crippen LogP) is 3.94. The molecular weight excluding hydrogens is 245 g/mol. The van der Waals surface area contributed by atoms with E-state index >= 15 is 0 Å². The van der Waals surface area contributed by atoms with Gasteiger partial charge in [0.2, 0.25) is 0 Å². The molecule has 0 amide bonds. The summed E-state index contributed by atoms with van der Waals surface area (Å²) in [5.41, 5.74) is -1.33. The van der Waals surface area contributed by atoms with Crippen molar-refractivity contribution >= 4 is 6.29 Å². The van der Waals surface area contributed by atoms with Crippen LogP contribution < -0.4 is 4.74 Å². The van der Waals surface area contributed by atoms with Gasteiger partial charge in [0, 0.05) is 5.56 Å². The van der Waals surface area contributed by atoms with Gasteiger partial charge < -0.3 is 4.74 Å². The first kappa shape index (κ1) is 14.5. The summed E-state index contributed by atoms with van der Waals surface area (Å²) in [5.74, 6) is 0.551. The van der Waals surface area contributed by atoms with Crippen LogP contribution in [0.3, 0.4) is 0 Å². The van der Waals surface area contributed by atoms with E-state index in [0.29, 0.717) is 12.5 Å². The standard InChI is InChI=1S/C13H15F3O2/c1-9(2)5-6-18-11-4-3-10(8-17)12(7-11)13(14,15)16/h3-4,7-9H,5-6H2,1-2H3. The van der Waals surface area contributed by atoms with E-state index in [1.54, 1.807) is 0 Å². The fourth-order valence-electron chi connectivity index (χ4n) is 1.39. The Hall–Kier alpha value is -1.52. The highest BCUT2D eigenvalue weighted by atomic mass is 19.4. The molecule has 0 radical (unpaired) electrons. The summed E-state index contributed by atoms with van der Waals surface area (Å²) in [4.78, 5) is 10.5. The Bertz CT molecular complexity index is 411. The summed E-state index contributed by atoms with van der Waals surface area (Å²) in [6.07, 6.45) is -3.59. The molecule has 0 saturated heterocycles. The van der Waals surface area contributed by atoms with Gasteiger partial charge in [0.05, 0.1) is 12.2 Å². The van der Waals surface area contributed by atoms with Crippen LogP contribution in [0, 0.1) is 5.92 Å². The third kappa shape index (κ3) is 4.05. The SMILES string of the molecule is CC(C)CCOc1ccc(C=O)c(C(F)(F)F)c1. The van der Waals surface area contributed by atoms with Gasteiger partial charge in [0.1, 0.15) is 5.75 Å². The highest BCUT2D eigenvalue weighted by molar-refractivity contribution is 5.78. The number of alkyl halides is 3. The van der Waals surface area contributed by atoms with Crippen LogP contribution in [-0.4, -0.2) is 12.9 Å². The summed E-state index contributed by atoms with van der Waals surface area (Å²) in [6, 6.07) is 3.36. The van der Waals surface area contributed by atoms with Crippen molar-refractivity contribution in [2.45, 2.75) is 26.4 Å². The van der Waals surface area contributed by atoms with E-state index in [0.717, 1.165) is 18.6 Å². The average Bonchev–Trinajstić information content (AvgIpc) is 2.27. The van der Waals surface area contributed by atoms with Crippen LogP contribution in [0.15, 0.2) is 18.2 Å². The normalized spacial score (nSPS) is 11.7. The number of benzene rings is 1. The van der Waals surface area contributed by atoms with Gasteiger partial charge in [-0.15, -0.1) is 0 Å². The van der Waals surface area contributed by atoms with Gasteiger partial charge in [-0.1, -0.05) is 13.8 Å².